The van der Waals surface area contributed by atoms with Crippen LogP contribution in [-0.4, -0.2) is 30.1 Å². The monoisotopic (exact) mass is 414 g/mol. The van der Waals surface area contributed by atoms with Crippen LogP contribution >= 0.6 is 0 Å². The van der Waals surface area contributed by atoms with Crippen molar-refractivity contribution in [1.82, 2.24) is 9.29 Å². The molecule has 1 heterocycles. The van der Waals surface area contributed by atoms with Crippen LogP contribution in [0.5, 0.6) is 0 Å². The van der Waals surface area contributed by atoms with Gasteiger partial charge in [0.05, 0.1) is 10.5 Å². The number of hydrogen-bond donors (Lipinski definition) is 2. The van der Waals surface area contributed by atoms with Gasteiger partial charge >= 0.3 is 5.97 Å². The molecule has 0 aliphatic rings. The van der Waals surface area contributed by atoms with Crippen LogP contribution in [0.4, 0.5) is 0 Å². The van der Waals surface area contributed by atoms with E-state index in [0.29, 0.717) is 17.9 Å². The summed E-state index contributed by atoms with van der Waals surface area (Å²) < 4.78 is 31.0. The van der Waals surface area contributed by atoms with Gasteiger partial charge < -0.3 is 9.67 Å². The molecule has 1 unspecified atom stereocenters. The highest BCUT2D eigenvalue weighted by atomic mass is 32.2. The second-order valence-corrected chi connectivity index (χ2v) is 9.15. The van der Waals surface area contributed by atoms with Crippen molar-refractivity contribution in [1.29, 1.82) is 0 Å². The van der Waals surface area contributed by atoms with Gasteiger partial charge in [0.25, 0.3) is 0 Å². The molecule has 2 N–H and O–H groups in total. The molecule has 6 nitrogen and oxygen atoms in total. The Kier molecular flexibility index (Phi) is 5.82. The summed E-state index contributed by atoms with van der Waals surface area (Å²) in [5, 5.41) is 9.96. The first-order valence-electron chi connectivity index (χ1n) is 9.54. The van der Waals surface area contributed by atoms with E-state index in [9.17, 15) is 13.2 Å². The third-order valence-electron chi connectivity index (χ3n) is 5.12. The van der Waals surface area contributed by atoms with Crippen LogP contribution < -0.4 is 4.72 Å². The van der Waals surface area contributed by atoms with Crippen molar-refractivity contribution in [2.24, 2.45) is 0 Å². The molecule has 0 radical (unpaired) electrons. The predicted octanol–water partition coefficient (Wildman–Crippen LogP) is 4.02. The van der Waals surface area contributed by atoms with Gasteiger partial charge in [-0.15, -0.1) is 0 Å². The maximum absolute atomic E-state index is 13.1. The standard InChI is InChI=1S/C22H26N2O4S/c1-5-19(23-29(27,28)21-15(3)10-14(2)11-16(21)4)13-24-9-8-17-12-18(22(25)26)6-7-20(17)24/h6-12,19,23H,5,13H2,1-4H3,(H,25,26). The third-order valence-corrected chi connectivity index (χ3v) is 6.95. The van der Waals surface area contributed by atoms with Crippen molar-refractivity contribution < 1.29 is 18.3 Å². The number of hydrogen-bond acceptors (Lipinski definition) is 3. The third kappa shape index (κ3) is 4.36. The number of fused-ring (bicyclic) bond motifs is 1. The average molecular weight is 415 g/mol. The highest BCUT2D eigenvalue weighted by Gasteiger charge is 2.23. The van der Waals surface area contributed by atoms with E-state index in [1.165, 1.54) is 0 Å². The summed E-state index contributed by atoms with van der Waals surface area (Å²) >= 11 is 0. The molecule has 1 aromatic heterocycles. The lowest BCUT2D eigenvalue weighted by Gasteiger charge is -2.20. The van der Waals surface area contributed by atoms with Crippen LogP contribution in [0.15, 0.2) is 47.5 Å². The molecule has 0 aliphatic carbocycles. The molecule has 3 aromatic rings. The van der Waals surface area contributed by atoms with E-state index >= 15 is 0 Å². The number of benzene rings is 2. The van der Waals surface area contributed by atoms with Gasteiger partial charge in [-0.2, -0.15) is 0 Å². The Labute approximate surface area is 171 Å². The van der Waals surface area contributed by atoms with Crippen molar-refractivity contribution in [2.45, 2.75) is 51.6 Å². The fourth-order valence-corrected chi connectivity index (χ4v) is 5.61. The van der Waals surface area contributed by atoms with E-state index in [-0.39, 0.29) is 11.6 Å². The zero-order valence-electron chi connectivity index (χ0n) is 17.1. The summed E-state index contributed by atoms with van der Waals surface area (Å²) in [6.07, 6.45) is 2.48. The molecule has 0 aliphatic heterocycles. The highest BCUT2D eigenvalue weighted by Crippen LogP contribution is 2.23. The van der Waals surface area contributed by atoms with Crippen molar-refractivity contribution in [3.63, 3.8) is 0 Å². The summed E-state index contributed by atoms with van der Waals surface area (Å²) in [5.41, 5.74) is 3.60. The van der Waals surface area contributed by atoms with Gasteiger partial charge in [-0.25, -0.2) is 17.9 Å². The minimum absolute atomic E-state index is 0.230. The van der Waals surface area contributed by atoms with Gasteiger partial charge in [0.2, 0.25) is 10.0 Å². The van der Waals surface area contributed by atoms with E-state index in [1.807, 2.05) is 56.7 Å². The second-order valence-electron chi connectivity index (χ2n) is 7.50. The van der Waals surface area contributed by atoms with Gasteiger partial charge in [-0.05, 0) is 62.6 Å². The Morgan fingerprint density at radius 2 is 1.76 bits per heavy atom. The number of nitrogens with zero attached hydrogens (tertiary/aromatic N) is 1. The smallest absolute Gasteiger partial charge is 0.335 e. The Morgan fingerprint density at radius 3 is 2.34 bits per heavy atom. The molecular formula is C22H26N2O4S. The molecule has 0 saturated heterocycles. The molecule has 154 valence electrons. The first-order chi connectivity index (χ1) is 13.6. The molecular weight excluding hydrogens is 388 g/mol. The number of aromatic carboxylic acids is 1. The molecule has 1 atom stereocenters. The van der Waals surface area contributed by atoms with Crippen molar-refractivity contribution in [2.75, 3.05) is 0 Å². The largest absolute Gasteiger partial charge is 0.478 e. The molecule has 7 heteroatoms. The fraction of sp³-hybridized carbons (Fsp3) is 0.318. The van der Waals surface area contributed by atoms with Gasteiger partial charge in [0.15, 0.2) is 0 Å². The lowest BCUT2D eigenvalue weighted by molar-refractivity contribution is 0.0697. The normalized spacial score (nSPS) is 13.0. The molecule has 0 amide bonds. The SMILES string of the molecule is CCC(Cn1ccc2cc(C(=O)O)ccc21)NS(=O)(=O)c1c(C)cc(C)cc1C. The topological polar surface area (TPSA) is 88.4 Å². The lowest BCUT2D eigenvalue weighted by atomic mass is 10.1. The maximum atomic E-state index is 13.1. The number of sulfonamides is 1. The quantitative estimate of drug-likeness (QED) is 0.611. The molecule has 29 heavy (non-hydrogen) atoms. The van der Waals surface area contributed by atoms with Gasteiger partial charge in [0.1, 0.15) is 0 Å². The number of nitrogens with one attached hydrogen (secondary N) is 1. The Hall–Kier alpha value is -2.64. The van der Waals surface area contributed by atoms with Gasteiger partial charge in [-0.3, -0.25) is 0 Å². The van der Waals surface area contributed by atoms with E-state index in [1.54, 1.807) is 18.2 Å². The fourth-order valence-electron chi connectivity index (χ4n) is 3.85. The Morgan fingerprint density at radius 1 is 1.10 bits per heavy atom. The van der Waals surface area contributed by atoms with Crippen LogP contribution in [0.25, 0.3) is 10.9 Å². The minimum Gasteiger partial charge on any atom is -0.478 e. The van der Waals surface area contributed by atoms with Crippen LogP contribution in [0.2, 0.25) is 0 Å². The van der Waals surface area contributed by atoms with Crippen molar-refractivity contribution in [3.05, 3.63) is 64.8 Å². The molecule has 3 rings (SSSR count). The summed E-state index contributed by atoms with van der Waals surface area (Å²) in [5.74, 6) is -0.970. The zero-order chi connectivity index (χ0) is 21.3. The van der Waals surface area contributed by atoms with Gasteiger partial charge in [-0.1, -0.05) is 24.6 Å². The number of carbonyl (C=O) groups is 1. The first-order valence-corrected chi connectivity index (χ1v) is 11.0. The Bertz CT molecular complexity index is 1160. The summed E-state index contributed by atoms with van der Waals surface area (Å²) in [7, 11) is -3.67. The molecule has 0 saturated carbocycles. The predicted molar refractivity (Wildman–Crippen MR) is 114 cm³/mol. The number of carboxylic acid groups (broad SMARTS) is 1. The minimum atomic E-state index is -3.67. The highest BCUT2D eigenvalue weighted by molar-refractivity contribution is 7.89. The summed E-state index contributed by atoms with van der Waals surface area (Å²) in [6, 6.07) is 10.2. The lowest BCUT2D eigenvalue weighted by Crippen LogP contribution is -2.38. The number of aryl methyl sites for hydroxylation is 3. The molecule has 0 spiro atoms. The number of aromatic nitrogens is 1. The Balaban J connectivity index is 1.88. The second kappa shape index (κ2) is 8.00. The van der Waals surface area contributed by atoms with Gasteiger partial charge in [0, 0.05) is 29.7 Å². The van der Waals surface area contributed by atoms with Crippen molar-refractivity contribution >= 4 is 26.9 Å². The van der Waals surface area contributed by atoms with E-state index in [2.05, 4.69) is 4.72 Å². The molecule has 2 aromatic carbocycles. The van der Waals surface area contributed by atoms with Crippen LogP contribution in [0.1, 0.15) is 40.4 Å². The zero-order valence-corrected chi connectivity index (χ0v) is 17.9. The van der Waals surface area contributed by atoms with E-state index < -0.39 is 16.0 Å². The molecule has 0 bridgehead atoms. The molecule has 0 fully saturated rings. The first kappa shape index (κ1) is 21.1. The van der Waals surface area contributed by atoms with Crippen LogP contribution in [0, 0.1) is 20.8 Å². The van der Waals surface area contributed by atoms with Crippen LogP contribution in [-0.2, 0) is 16.6 Å². The van der Waals surface area contributed by atoms with Crippen molar-refractivity contribution in [3.8, 4) is 0 Å². The average Bonchev–Trinajstić information content (AvgIpc) is 3.01. The number of rotatable bonds is 7. The number of carboxylic acids is 1. The van der Waals surface area contributed by atoms with Crippen LogP contribution in [0.3, 0.4) is 0 Å². The van der Waals surface area contributed by atoms with E-state index in [4.69, 9.17) is 5.11 Å². The summed E-state index contributed by atoms with van der Waals surface area (Å²) in [6.45, 7) is 7.97. The van der Waals surface area contributed by atoms with E-state index in [0.717, 1.165) is 27.6 Å². The summed E-state index contributed by atoms with van der Waals surface area (Å²) in [4.78, 5) is 11.5. The maximum Gasteiger partial charge on any atom is 0.335 e.